The van der Waals surface area contributed by atoms with E-state index in [1.807, 2.05) is 17.6 Å². The number of para-hydroxylation sites is 1. The minimum Gasteiger partial charge on any atom is -0.464 e. The summed E-state index contributed by atoms with van der Waals surface area (Å²) in [6.07, 6.45) is 1.95. The van der Waals surface area contributed by atoms with Crippen molar-refractivity contribution >= 4 is 88.9 Å². The summed E-state index contributed by atoms with van der Waals surface area (Å²) in [5.74, 6) is 0. The molecule has 0 unspecified atom stereocenters. The molecule has 3 nitrogen and oxygen atoms in total. The number of nitrogens with zero attached hydrogens (tertiary/aromatic N) is 2. The summed E-state index contributed by atoms with van der Waals surface area (Å²) >= 11 is 1.95. The first-order chi connectivity index (χ1) is 32.6. The number of thiophene rings is 1. The van der Waals surface area contributed by atoms with Crippen molar-refractivity contribution in [3.8, 4) is 22.3 Å². The van der Waals surface area contributed by atoms with E-state index in [4.69, 9.17) is 4.42 Å². The molecule has 5 heteroatoms. The topological polar surface area (TPSA) is 19.6 Å². The largest absolute Gasteiger partial charge is 0.464 e. The summed E-state index contributed by atoms with van der Waals surface area (Å²) in [6.45, 7) is 32.7. The second-order valence-electron chi connectivity index (χ2n) is 24.0. The number of fused-ring (bicyclic) bond motifs is 7. The van der Waals surface area contributed by atoms with Gasteiger partial charge in [-0.15, -0.1) is 11.3 Å². The molecule has 0 bridgehead atoms. The molecule has 346 valence electrons. The second-order valence-corrected chi connectivity index (χ2v) is 25.1. The van der Waals surface area contributed by atoms with Gasteiger partial charge in [0.25, 0.3) is 6.71 Å². The van der Waals surface area contributed by atoms with Crippen molar-refractivity contribution in [2.45, 2.75) is 119 Å². The lowest BCUT2D eigenvalue weighted by molar-refractivity contribution is 0.589. The van der Waals surface area contributed by atoms with Gasteiger partial charge >= 0.3 is 0 Å². The molecule has 9 aromatic rings. The van der Waals surface area contributed by atoms with Gasteiger partial charge in [-0.25, -0.2) is 0 Å². The molecule has 0 radical (unpaired) electrons. The Morgan fingerprint density at radius 1 is 0.449 bits per heavy atom. The van der Waals surface area contributed by atoms with Crippen molar-refractivity contribution in [1.29, 1.82) is 0 Å². The molecule has 11 rings (SSSR count). The average Bonchev–Trinajstić information content (AvgIpc) is 3.90. The molecule has 2 aliphatic rings. The van der Waals surface area contributed by atoms with Crippen LogP contribution in [0.25, 0.3) is 43.3 Å². The fourth-order valence-electron chi connectivity index (χ4n) is 11.1. The SMILES string of the molecule is Cc1cc(C(C)(C)C)cc(C)c1N1c2cc(C(C)(C)C)cc3c2B(c2ccc(-c4coc5ccccc45)cc2N3c2ccc(C(C)(C)C)cc2-c2ccccc2)c2c1sc1ccc(C(C)(C)C)cc21. The zero-order chi connectivity index (χ0) is 48.7. The van der Waals surface area contributed by atoms with Gasteiger partial charge in [-0.2, -0.15) is 0 Å². The van der Waals surface area contributed by atoms with E-state index in [0.717, 1.165) is 22.1 Å². The minimum absolute atomic E-state index is 0.0172. The van der Waals surface area contributed by atoms with Crippen LogP contribution in [0.4, 0.5) is 33.4 Å². The van der Waals surface area contributed by atoms with Crippen LogP contribution >= 0.6 is 11.3 Å². The predicted molar refractivity (Wildman–Crippen MR) is 301 cm³/mol. The Morgan fingerprint density at radius 2 is 1.04 bits per heavy atom. The predicted octanol–water partition coefficient (Wildman–Crippen LogP) is 16.9. The first kappa shape index (κ1) is 45.2. The van der Waals surface area contributed by atoms with Crippen molar-refractivity contribution < 1.29 is 4.42 Å². The molecule has 2 aliphatic heterocycles. The number of rotatable bonds is 4. The third kappa shape index (κ3) is 7.37. The maximum atomic E-state index is 6.26. The highest BCUT2D eigenvalue weighted by Crippen LogP contribution is 2.53. The monoisotopic (exact) mass is 920 g/mol. The number of benzene rings is 7. The molecule has 0 N–H and O–H groups in total. The number of furan rings is 1. The Morgan fingerprint density at radius 3 is 1.71 bits per heavy atom. The Kier molecular flexibility index (Phi) is 10.2. The fraction of sp³-hybridized carbons (Fsp3) is 0.281. The first-order valence-electron chi connectivity index (χ1n) is 24.9. The van der Waals surface area contributed by atoms with Crippen LogP contribution in [-0.2, 0) is 21.7 Å². The molecule has 0 saturated heterocycles. The molecule has 0 fully saturated rings. The highest BCUT2D eigenvalue weighted by molar-refractivity contribution is 7.26. The van der Waals surface area contributed by atoms with Crippen LogP contribution in [-0.4, -0.2) is 6.71 Å². The van der Waals surface area contributed by atoms with Gasteiger partial charge in [0, 0.05) is 38.3 Å². The highest BCUT2D eigenvalue weighted by atomic mass is 32.1. The van der Waals surface area contributed by atoms with E-state index in [-0.39, 0.29) is 28.4 Å². The molecular weight excluding hydrogens is 856 g/mol. The molecule has 7 aromatic carbocycles. The number of hydrogen-bond acceptors (Lipinski definition) is 4. The number of hydrogen-bond donors (Lipinski definition) is 0. The van der Waals surface area contributed by atoms with Crippen LogP contribution < -0.4 is 26.2 Å². The normalized spacial score (nSPS) is 13.9. The smallest absolute Gasteiger partial charge is 0.254 e. The maximum Gasteiger partial charge on any atom is 0.254 e. The van der Waals surface area contributed by atoms with E-state index in [0.29, 0.717) is 0 Å². The zero-order valence-corrected chi connectivity index (χ0v) is 43.9. The van der Waals surface area contributed by atoms with Crippen molar-refractivity contribution in [2.24, 2.45) is 0 Å². The summed E-state index contributed by atoms with van der Waals surface area (Å²) in [4.78, 5) is 5.33. The van der Waals surface area contributed by atoms with E-state index in [9.17, 15) is 0 Å². The van der Waals surface area contributed by atoms with Crippen molar-refractivity contribution in [2.75, 3.05) is 9.80 Å². The summed E-state index contributed by atoms with van der Waals surface area (Å²) < 4.78 is 7.58. The van der Waals surface area contributed by atoms with Gasteiger partial charge in [-0.05, 0) is 144 Å². The summed E-state index contributed by atoms with van der Waals surface area (Å²) in [5.41, 5.74) is 23.4. The standard InChI is InChI=1S/C64H65BN2OS/c1-38-30-44(63(9,10)11)31-39(2)59(38)67-54-36-45(64(12,13)14)35-53-58(54)65(57-48-34-43(62(6,7)8)26-29-56(48)69-60(57)67)50-27-24-41(49-37-68-55-23-19-18-22-46(49)55)32-52(50)66(53)51-28-25-42(61(3,4)5)33-47(51)40-20-16-15-17-21-40/h15-37H,1-14H3. The number of anilines is 6. The molecule has 69 heavy (non-hydrogen) atoms. The van der Waals surface area contributed by atoms with Gasteiger partial charge in [-0.3, -0.25) is 0 Å². The lowest BCUT2D eigenvalue weighted by Gasteiger charge is -2.45. The van der Waals surface area contributed by atoms with Gasteiger partial charge in [0.1, 0.15) is 5.58 Å². The average molecular weight is 921 g/mol. The lowest BCUT2D eigenvalue weighted by Crippen LogP contribution is -2.61. The van der Waals surface area contributed by atoms with E-state index < -0.39 is 0 Å². The van der Waals surface area contributed by atoms with Crippen LogP contribution in [0.15, 0.2) is 144 Å². The third-order valence-corrected chi connectivity index (χ3v) is 16.2. The van der Waals surface area contributed by atoms with Gasteiger partial charge < -0.3 is 14.2 Å². The molecular formula is C64H65BN2OS. The van der Waals surface area contributed by atoms with Crippen LogP contribution in [0.3, 0.4) is 0 Å². The number of aryl methyl sites for hydroxylation is 2. The molecule has 0 saturated carbocycles. The quantitative estimate of drug-likeness (QED) is 0.164. The van der Waals surface area contributed by atoms with Gasteiger partial charge in [-0.1, -0.05) is 174 Å². The van der Waals surface area contributed by atoms with Crippen molar-refractivity contribution in [1.82, 2.24) is 0 Å². The van der Waals surface area contributed by atoms with Gasteiger partial charge in [0.15, 0.2) is 0 Å². The van der Waals surface area contributed by atoms with Crippen molar-refractivity contribution in [3.05, 3.63) is 173 Å². The van der Waals surface area contributed by atoms with Gasteiger partial charge in [0.05, 0.1) is 22.6 Å². The van der Waals surface area contributed by atoms with Gasteiger partial charge in [0.2, 0.25) is 0 Å². The van der Waals surface area contributed by atoms with Crippen LogP contribution in [0.1, 0.15) is 116 Å². The third-order valence-electron chi connectivity index (χ3n) is 15.0. The molecule has 0 aliphatic carbocycles. The Hall–Kier alpha value is -6.30. The summed E-state index contributed by atoms with van der Waals surface area (Å²) in [7, 11) is 0. The Bertz CT molecular complexity index is 3500. The van der Waals surface area contributed by atoms with Crippen LogP contribution in [0.2, 0.25) is 0 Å². The van der Waals surface area contributed by atoms with Crippen LogP contribution in [0, 0.1) is 13.8 Å². The molecule has 0 spiro atoms. The van der Waals surface area contributed by atoms with Crippen molar-refractivity contribution in [3.63, 3.8) is 0 Å². The second kappa shape index (κ2) is 15.6. The van der Waals surface area contributed by atoms with E-state index in [1.165, 1.54) is 104 Å². The lowest BCUT2D eigenvalue weighted by atomic mass is 9.33. The summed E-state index contributed by atoms with van der Waals surface area (Å²) in [6, 6.07) is 51.2. The van der Waals surface area contributed by atoms with Crippen LogP contribution in [0.5, 0.6) is 0 Å². The zero-order valence-electron chi connectivity index (χ0n) is 43.1. The van der Waals surface area contributed by atoms with E-state index >= 15 is 0 Å². The minimum atomic E-state index is -0.156. The Balaban J connectivity index is 1.31. The Labute approximate surface area is 414 Å². The fourth-order valence-corrected chi connectivity index (χ4v) is 12.3. The molecule has 4 heterocycles. The maximum absolute atomic E-state index is 6.26. The summed E-state index contributed by atoms with van der Waals surface area (Å²) in [5, 5.41) is 3.78. The molecule has 2 aromatic heterocycles. The van der Waals surface area contributed by atoms with E-state index in [2.05, 4.69) is 240 Å². The molecule has 0 atom stereocenters. The molecule has 0 amide bonds. The first-order valence-corrected chi connectivity index (χ1v) is 25.7. The van der Waals surface area contributed by atoms with E-state index in [1.54, 1.807) is 0 Å². The highest BCUT2D eigenvalue weighted by Gasteiger charge is 2.47.